The Kier molecular flexibility index (Phi) is 2.18. The molecule has 0 saturated heterocycles. The molecule has 0 aliphatic rings. The summed E-state index contributed by atoms with van der Waals surface area (Å²) in [6.07, 6.45) is 1.64. The smallest absolute Gasteiger partial charge is 0.309 e. The van der Waals surface area contributed by atoms with E-state index in [1.165, 1.54) is 13.5 Å². The van der Waals surface area contributed by atoms with E-state index in [9.17, 15) is 4.79 Å². The van der Waals surface area contributed by atoms with Crippen LogP contribution in [0.3, 0.4) is 0 Å². The Labute approximate surface area is 80.5 Å². The molecule has 4 nitrogen and oxygen atoms in total. The maximum atomic E-state index is 11.0. The minimum atomic E-state index is -0.260. The number of fused-ring (bicyclic) bond motifs is 1. The summed E-state index contributed by atoms with van der Waals surface area (Å²) in [6.45, 7) is 0. The molecular weight excluding hydrogens is 182 g/mol. The molecule has 0 unspecified atom stereocenters. The van der Waals surface area contributed by atoms with E-state index in [0.717, 1.165) is 11.1 Å². The van der Waals surface area contributed by atoms with E-state index in [0.29, 0.717) is 5.58 Å². The zero-order valence-electron chi connectivity index (χ0n) is 7.69. The van der Waals surface area contributed by atoms with Crippen molar-refractivity contribution in [2.45, 2.75) is 6.42 Å². The van der Waals surface area contributed by atoms with Crippen molar-refractivity contribution in [1.29, 1.82) is 0 Å². The predicted octanol–water partition coefficient (Wildman–Crippen LogP) is 1.54. The van der Waals surface area contributed by atoms with Gasteiger partial charge >= 0.3 is 5.97 Å². The third-order valence-corrected chi connectivity index (χ3v) is 1.97. The van der Waals surface area contributed by atoms with Crippen molar-refractivity contribution in [3.8, 4) is 0 Å². The number of methoxy groups -OCH3 is 1. The fraction of sp³-hybridized carbons (Fsp3) is 0.200. The summed E-state index contributed by atoms with van der Waals surface area (Å²) < 4.78 is 9.67. The van der Waals surface area contributed by atoms with Gasteiger partial charge in [0.1, 0.15) is 5.52 Å². The van der Waals surface area contributed by atoms with Crippen LogP contribution in [0.4, 0.5) is 0 Å². The van der Waals surface area contributed by atoms with Crippen molar-refractivity contribution in [2.75, 3.05) is 7.11 Å². The molecule has 2 rings (SSSR count). The molecule has 0 aliphatic heterocycles. The molecule has 0 bridgehead atoms. The molecular formula is C10H9NO3. The minimum absolute atomic E-state index is 0.257. The average Bonchev–Trinajstić information content (AvgIpc) is 2.64. The summed E-state index contributed by atoms with van der Waals surface area (Å²) in [4.78, 5) is 15.0. The Morgan fingerprint density at radius 1 is 1.57 bits per heavy atom. The Bertz CT molecular complexity index is 461. The van der Waals surface area contributed by atoms with Crippen molar-refractivity contribution < 1.29 is 13.9 Å². The highest BCUT2D eigenvalue weighted by molar-refractivity contribution is 5.77. The van der Waals surface area contributed by atoms with Crippen molar-refractivity contribution in [1.82, 2.24) is 4.98 Å². The average molecular weight is 191 g/mol. The lowest BCUT2D eigenvalue weighted by Crippen LogP contribution is -2.03. The van der Waals surface area contributed by atoms with E-state index in [-0.39, 0.29) is 12.4 Å². The van der Waals surface area contributed by atoms with Gasteiger partial charge in [0.15, 0.2) is 12.0 Å². The first-order valence-corrected chi connectivity index (χ1v) is 4.18. The van der Waals surface area contributed by atoms with Gasteiger partial charge in [-0.15, -0.1) is 0 Å². The standard InChI is InChI=1S/C10H9NO3/c1-13-10(12)5-7-2-3-8-9(4-7)14-6-11-8/h2-4,6H,5H2,1H3. The molecule has 0 amide bonds. The number of hydrogen-bond donors (Lipinski definition) is 0. The molecule has 4 heteroatoms. The summed E-state index contributed by atoms with van der Waals surface area (Å²) in [5.41, 5.74) is 2.34. The van der Waals surface area contributed by atoms with Gasteiger partial charge in [-0.05, 0) is 17.7 Å². The Morgan fingerprint density at radius 2 is 2.43 bits per heavy atom. The lowest BCUT2D eigenvalue weighted by Gasteiger charge is -1.98. The van der Waals surface area contributed by atoms with E-state index in [1.54, 1.807) is 6.07 Å². The molecule has 0 N–H and O–H groups in total. The van der Waals surface area contributed by atoms with Gasteiger partial charge in [0, 0.05) is 0 Å². The van der Waals surface area contributed by atoms with Crippen LogP contribution in [0.1, 0.15) is 5.56 Å². The summed E-state index contributed by atoms with van der Waals surface area (Å²) in [5.74, 6) is -0.260. The van der Waals surface area contributed by atoms with Crippen LogP contribution in [-0.2, 0) is 16.0 Å². The SMILES string of the molecule is COC(=O)Cc1ccc2ncoc2c1. The van der Waals surface area contributed by atoms with Gasteiger partial charge in [-0.25, -0.2) is 4.98 Å². The van der Waals surface area contributed by atoms with Gasteiger partial charge in [-0.3, -0.25) is 4.79 Å². The molecule has 0 aliphatic carbocycles. The molecule has 14 heavy (non-hydrogen) atoms. The molecule has 0 atom stereocenters. The maximum Gasteiger partial charge on any atom is 0.309 e. The third-order valence-electron chi connectivity index (χ3n) is 1.97. The maximum absolute atomic E-state index is 11.0. The number of aromatic nitrogens is 1. The molecule has 0 saturated carbocycles. The van der Waals surface area contributed by atoms with E-state index in [4.69, 9.17) is 4.42 Å². The number of oxazole rings is 1. The summed E-state index contributed by atoms with van der Waals surface area (Å²) in [7, 11) is 1.37. The number of nitrogens with zero attached hydrogens (tertiary/aromatic N) is 1. The summed E-state index contributed by atoms with van der Waals surface area (Å²) >= 11 is 0. The Hall–Kier alpha value is -1.84. The van der Waals surface area contributed by atoms with Gasteiger partial charge < -0.3 is 9.15 Å². The highest BCUT2D eigenvalue weighted by Crippen LogP contribution is 2.14. The number of benzene rings is 1. The van der Waals surface area contributed by atoms with Crippen molar-refractivity contribution in [3.05, 3.63) is 30.2 Å². The number of hydrogen-bond acceptors (Lipinski definition) is 4. The van der Waals surface area contributed by atoms with Gasteiger partial charge in [0.2, 0.25) is 0 Å². The first kappa shape index (κ1) is 8.74. The Balaban J connectivity index is 2.30. The lowest BCUT2D eigenvalue weighted by atomic mass is 10.1. The van der Waals surface area contributed by atoms with Crippen LogP contribution in [0.5, 0.6) is 0 Å². The molecule has 1 aromatic carbocycles. The van der Waals surface area contributed by atoms with E-state index >= 15 is 0 Å². The molecule has 2 aromatic rings. The molecule has 0 spiro atoms. The lowest BCUT2D eigenvalue weighted by molar-refractivity contribution is -0.139. The van der Waals surface area contributed by atoms with Crippen molar-refractivity contribution in [2.24, 2.45) is 0 Å². The molecule has 1 heterocycles. The molecule has 0 radical (unpaired) electrons. The summed E-state index contributed by atoms with van der Waals surface area (Å²) in [5, 5.41) is 0. The van der Waals surface area contributed by atoms with Crippen LogP contribution in [0, 0.1) is 0 Å². The van der Waals surface area contributed by atoms with E-state index < -0.39 is 0 Å². The molecule has 0 fully saturated rings. The number of carbonyl (C=O) groups excluding carboxylic acids is 1. The number of carbonyl (C=O) groups is 1. The van der Waals surface area contributed by atoms with E-state index in [1.807, 2.05) is 12.1 Å². The van der Waals surface area contributed by atoms with Gasteiger partial charge in [0.05, 0.1) is 13.5 Å². The topological polar surface area (TPSA) is 52.3 Å². The fourth-order valence-electron chi connectivity index (χ4n) is 1.25. The van der Waals surface area contributed by atoms with Crippen LogP contribution < -0.4 is 0 Å². The zero-order valence-corrected chi connectivity index (χ0v) is 7.69. The molecule has 1 aromatic heterocycles. The highest BCUT2D eigenvalue weighted by atomic mass is 16.5. The third kappa shape index (κ3) is 1.59. The monoisotopic (exact) mass is 191 g/mol. The van der Waals surface area contributed by atoms with E-state index in [2.05, 4.69) is 9.72 Å². The summed E-state index contributed by atoms with van der Waals surface area (Å²) in [6, 6.07) is 5.44. The zero-order chi connectivity index (χ0) is 9.97. The fourth-order valence-corrected chi connectivity index (χ4v) is 1.25. The second-order valence-electron chi connectivity index (χ2n) is 2.91. The van der Waals surface area contributed by atoms with Crippen LogP contribution in [0.25, 0.3) is 11.1 Å². The highest BCUT2D eigenvalue weighted by Gasteiger charge is 2.05. The minimum Gasteiger partial charge on any atom is -0.469 e. The first-order chi connectivity index (χ1) is 6.79. The second kappa shape index (κ2) is 3.49. The Morgan fingerprint density at radius 3 is 3.21 bits per heavy atom. The number of esters is 1. The number of ether oxygens (including phenoxy) is 1. The molecule has 72 valence electrons. The van der Waals surface area contributed by atoms with Crippen LogP contribution in [0.2, 0.25) is 0 Å². The second-order valence-corrected chi connectivity index (χ2v) is 2.91. The van der Waals surface area contributed by atoms with Gasteiger partial charge in [-0.2, -0.15) is 0 Å². The van der Waals surface area contributed by atoms with Crippen molar-refractivity contribution >= 4 is 17.1 Å². The van der Waals surface area contributed by atoms with Crippen LogP contribution >= 0.6 is 0 Å². The number of rotatable bonds is 2. The van der Waals surface area contributed by atoms with Crippen LogP contribution in [0.15, 0.2) is 29.0 Å². The van der Waals surface area contributed by atoms with Crippen LogP contribution in [-0.4, -0.2) is 18.1 Å². The normalized spacial score (nSPS) is 10.4. The largest absolute Gasteiger partial charge is 0.469 e. The quantitative estimate of drug-likeness (QED) is 0.675. The van der Waals surface area contributed by atoms with Gasteiger partial charge in [-0.1, -0.05) is 6.07 Å². The predicted molar refractivity (Wildman–Crippen MR) is 49.7 cm³/mol. The van der Waals surface area contributed by atoms with Gasteiger partial charge in [0.25, 0.3) is 0 Å². The first-order valence-electron chi connectivity index (χ1n) is 4.18. The van der Waals surface area contributed by atoms with Crippen molar-refractivity contribution in [3.63, 3.8) is 0 Å².